The number of amides is 1. The maximum Gasteiger partial charge on any atom is 0.412 e. The van der Waals surface area contributed by atoms with Crippen LogP contribution in [0, 0.1) is 0 Å². The zero-order chi connectivity index (χ0) is 14.8. The number of benzene rings is 1. The van der Waals surface area contributed by atoms with Gasteiger partial charge in [-0.05, 0) is 32.9 Å². The second-order valence-electron chi connectivity index (χ2n) is 5.43. The maximum atomic E-state index is 11.7. The van der Waals surface area contributed by atoms with Crippen LogP contribution in [-0.2, 0) is 11.8 Å². The number of rotatable bonds is 2. The lowest BCUT2D eigenvalue weighted by atomic mass is 10.1. The molecule has 0 aliphatic carbocycles. The molecule has 1 aromatic carbocycles. The Balaban J connectivity index is 2.12. The van der Waals surface area contributed by atoms with Gasteiger partial charge in [0.05, 0.1) is 6.20 Å². The average molecular weight is 274 g/mol. The molecule has 0 bridgehead atoms. The van der Waals surface area contributed by atoms with Crippen LogP contribution in [0.1, 0.15) is 20.8 Å². The number of hydrogen-bond donors (Lipinski definition) is 1. The first-order valence-electron chi connectivity index (χ1n) is 6.30. The maximum absolute atomic E-state index is 11.7. The van der Waals surface area contributed by atoms with E-state index < -0.39 is 11.7 Å². The molecular weight excluding hydrogens is 256 g/mol. The number of carbonyl (C=O) groups excluding carboxylic acids is 1. The van der Waals surface area contributed by atoms with E-state index in [1.165, 1.54) is 4.80 Å². The topological polar surface area (TPSA) is 69.0 Å². The molecule has 0 fully saturated rings. The Morgan fingerprint density at radius 3 is 2.70 bits per heavy atom. The molecule has 0 spiro atoms. The lowest BCUT2D eigenvalue weighted by Gasteiger charge is -2.19. The normalized spacial score (nSPS) is 11.2. The largest absolute Gasteiger partial charge is 0.444 e. The summed E-state index contributed by atoms with van der Waals surface area (Å²) in [6, 6.07) is 7.37. The van der Waals surface area contributed by atoms with Crippen LogP contribution in [0.25, 0.3) is 11.3 Å². The molecule has 106 valence electrons. The molecule has 0 aliphatic heterocycles. The number of carbonyl (C=O) groups is 1. The van der Waals surface area contributed by atoms with Gasteiger partial charge in [-0.3, -0.25) is 5.32 Å². The van der Waals surface area contributed by atoms with Crippen molar-refractivity contribution in [3.63, 3.8) is 0 Å². The van der Waals surface area contributed by atoms with Gasteiger partial charge in [-0.2, -0.15) is 15.0 Å². The molecule has 6 nitrogen and oxygen atoms in total. The van der Waals surface area contributed by atoms with Crippen molar-refractivity contribution in [1.82, 2.24) is 15.0 Å². The quantitative estimate of drug-likeness (QED) is 0.914. The predicted molar refractivity (Wildman–Crippen MR) is 76.3 cm³/mol. The number of nitrogens with one attached hydrogen (secondary N) is 1. The van der Waals surface area contributed by atoms with Crippen molar-refractivity contribution in [2.45, 2.75) is 26.4 Å². The summed E-state index contributed by atoms with van der Waals surface area (Å²) in [4.78, 5) is 13.2. The smallest absolute Gasteiger partial charge is 0.412 e. The molecule has 1 amide bonds. The van der Waals surface area contributed by atoms with Gasteiger partial charge in [0.2, 0.25) is 0 Å². The van der Waals surface area contributed by atoms with E-state index in [1.54, 1.807) is 19.3 Å². The van der Waals surface area contributed by atoms with Crippen molar-refractivity contribution in [1.29, 1.82) is 0 Å². The SMILES string of the molecule is Cn1ncc(-c2cccc(NC(=O)OC(C)(C)C)c2)n1. The van der Waals surface area contributed by atoms with Gasteiger partial charge >= 0.3 is 6.09 Å². The number of aryl methyl sites for hydroxylation is 1. The zero-order valence-electron chi connectivity index (χ0n) is 12.0. The standard InChI is InChI=1S/C14H18N4O2/c1-14(2,3)20-13(19)16-11-7-5-6-10(8-11)12-9-15-18(4)17-12/h5-9H,1-4H3,(H,16,19). The Labute approximate surface area is 117 Å². The van der Waals surface area contributed by atoms with Crippen LogP contribution in [0.3, 0.4) is 0 Å². The van der Waals surface area contributed by atoms with E-state index in [9.17, 15) is 4.79 Å². The van der Waals surface area contributed by atoms with Gasteiger partial charge in [-0.15, -0.1) is 0 Å². The van der Waals surface area contributed by atoms with Crippen molar-refractivity contribution in [3.05, 3.63) is 30.5 Å². The van der Waals surface area contributed by atoms with Crippen LogP contribution in [0.2, 0.25) is 0 Å². The van der Waals surface area contributed by atoms with Crippen molar-refractivity contribution < 1.29 is 9.53 Å². The first-order chi connectivity index (χ1) is 9.33. The highest BCUT2D eigenvalue weighted by molar-refractivity contribution is 5.85. The van der Waals surface area contributed by atoms with E-state index in [0.717, 1.165) is 11.3 Å². The van der Waals surface area contributed by atoms with Crippen LogP contribution in [-0.4, -0.2) is 26.7 Å². The van der Waals surface area contributed by atoms with Gasteiger partial charge in [0, 0.05) is 18.3 Å². The highest BCUT2D eigenvalue weighted by Gasteiger charge is 2.16. The summed E-state index contributed by atoms with van der Waals surface area (Å²) in [6.45, 7) is 5.47. The molecule has 0 unspecified atom stereocenters. The Morgan fingerprint density at radius 1 is 1.35 bits per heavy atom. The number of hydrogen-bond acceptors (Lipinski definition) is 4. The fourth-order valence-corrected chi connectivity index (χ4v) is 1.66. The molecule has 6 heteroatoms. The van der Waals surface area contributed by atoms with Crippen LogP contribution in [0.5, 0.6) is 0 Å². The predicted octanol–water partition coefficient (Wildman–Crippen LogP) is 2.83. The molecular formula is C14H18N4O2. The van der Waals surface area contributed by atoms with Crippen LogP contribution in [0.15, 0.2) is 30.5 Å². The van der Waals surface area contributed by atoms with Crippen LogP contribution in [0.4, 0.5) is 10.5 Å². The number of nitrogens with zero attached hydrogens (tertiary/aromatic N) is 3. The fourth-order valence-electron chi connectivity index (χ4n) is 1.66. The summed E-state index contributed by atoms with van der Waals surface area (Å²) < 4.78 is 5.21. The van der Waals surface area contributed by atoms with Crippen LogP contribution >= 0.6 is 0 Å². The number of ether oxygens (including phenoxy) is 1. The monoisotopic (exact) mass is 274 g/mol. The molecule has 1 N–H and O–H groups in total. The third-order valence-corrected chi connectivity index (χ3v) is 2.40. The van der Waals surface area contributed by atoms with E-state index in [4.69, 9.17) is 4.74 Å². The average Bonchev–Trinajstić information content (AvgIpc) is 2.73. The van der Waals surface area contributed by atoms with Gasteiger partial charge in [0.1, 0.15) is 11.3 Å². The molecule has 2 rings (SSSR count). The summed E-state index contributed by atoms with van der Waals surface area (Å²) in [5.74, 6) is 0. The Morgan fingerprint density at radius 2 is 2.10 bits per heavy atom. The summed E-state index contributed by atoms with van der Waals surface area (Å²) in [5, 5.41) is 10.9. The Bertz CT molecular complexity index is 614. The molecule has 1 aromatic heterocycles. The highest BCUT2D eigenvalue weighted by atomic mass is 16.6. The third kappa shape index (κ3) is 3.81. The molecule has 0 radical (unpaired) electrons. The minimum absolute atomic E-state index is 0.478. The van der Waals surface area contributed by atoms with E-state index in [2.05, 4.69) is 15.5 Å². The lowest BCUT2D eigenvalue weighted by molar-refractivity contribution is 0.0636. The second-order valence-corrected chi connectivity index (χ2v) is 5.43. The van der Waals surface area contributed by atoms with Gasteiger partial charge in [-0.1, -0.05) is 12.1 Å². The highest BCUT2D eigenvalue weighted by Crippen LogP contribution is 2.20. The molecule has 0 atom stereocenters. The third-order valence-electron chi connectivity index (χ3n) is 2.40. The Hall–Kier alpha value is -2.37. The summed E-state index contributed by atoms with van der Waals surface area (Å²) >= 11 is 0. The summed E-state index contributed by atoms with van der Waals surface area (Å²) in [5.41, 5.74) is 1.77. The number of aromatic nitrogens is 3. The van der Waals surface area contributed by atoms with Gasteiger partial charge in [0.15, 0.2) is 0 Å². The molecule has 1 heterocycles. The summed E-state index contributed by atoms with van der Waals surface area (Å²) in [7, 11) is 1.76. The lowest BCUT2D eigenvalue weighted by Crippen LogP contribution is -2.27. The van der Waals surface area contributed by atoms with Crippen molar-refractivity contribution >= 4 is 11.8 Å². The van der Waals surface area contributed by atoms with E-state index in [-0.39, 0.29) is 0 Å². The molecule has 0 saturated carbocycles. The van der Waals surface area contributed by atoms with Gasteiger partial charge in [-0.25, -0.2) is 4.79 Å². The van der Waals surface area contributed by atoms with Gasteiger partial charge in [0.25, 0.3) is 0 Å². The van der Waals surface area contributed by atoms with Crippen molar-refractivity contribution in [2.24, 2.45) is 7.05 Å². The molecule has 0 aliphatic rings. The minimum Gasteiger partial charge on any atom is -0.444 e. The number of anilines is 1. The first kappa shape index (κ1) is 14.0. The van der Waals surface area contributed by atoms with E-state index in [1.807, 2.05) is 39.0 Å². The first-order valence-corrected chi connectivity index (χ1v) is 6.30. The van der Waals surface area contributed by atoms with E-state index in [0.29, 0.717) is 5.69 Å². The van der Waals surface area contributed by atoms with E-state index >= 15 is 0 Å². The second kappa shape index (κ2) is 5.32. The molecule has 20 heavy (non-hydrogen) atoms. The van der Waals surface area contributed by atoms with Gasteiger partial charge < -0.3 is 4.74 Å². The summed E-state index contributed by atoms with van der Waals surface area (Å²) in [6.07, 6.45) is 1.20. The minimum atomic E-state index is -0.521. The van der Waals surface area contributed by atoms with Crippen LogP contribution < -0.4 is 5.32 Å². The molecule has 2 aromatic rings. The Kier molecular flexibility index (Phi) is 3.74. The molecule has 0 saturated heterocycles. The fraction of sp³-hybridized carbons (Fsp3) is 0.357. The van der Waals surface area contributed by atoms with Crippen molar-refractivity contribution in [2.75, 3.05) is 5.32 Å². The zero-order valence-corrected chi connectivity index (χ0v) is 12.0. The van der Waals surface area contributed by atoms with Crippen molar-refractivity contribution in [3.8, 4) is 11.3 Å².